The summed E-state index contributed by atoms with van der Waals surface area (Å²) < 4.78 is 18.5. The summed E-state index contributed by atoms with van der Waals surface area (Å²) in [7, 11) is 0. The van der Waals surface area contributed by atoms with Gasteiger partial charge in [-0.3, -0.25) is 4.79 Å². The third-order valence-electron chi connectivity index (χ3n) is 2.93. The number of nitrogens with zero attached hydrogens (tertiary/aromatic N) is 1. The Labute approximate surface area is 106 Å². The zero-order valence-corrected chi connectivity index (χ0v) is 10.3. The minimum Gasteiger partial charge on any atom is -0.370 e. The highest BCUT2D eigenvalue weighted by Gasteiger charge is 2.24. The molecule has 1 aliphatic rings. The second-order valence-corrected chi connectivity index (χ2v) is 4.20. The van der Waals surface area contributed by atoms with E-state index >= 15 is 0 Å². The number of amides is 1. The molecule has 1 fully saturated rings. The number of benzene rings is 1. The van der Waals surface area contributed by atoms with E-state index in [1.54, 1.807) is 29.2 Å². The second kappa shape index (κ2) is 5.78. The summed E-state index contributed by atoms with van der Waals surface area (Å²) in [5, 5.41) is 0. The topological polar surface area (TPSA) is 29.5 Å². The molecule has 0 bridgehead atoms. The van der Waals surface area contributed by atoms with Gasteiger partial charge in [0.2, 0.25) is 5.91 Å². The molecule has 0 spiro atoms. The SMILES string of the molecule is CC=CC(=O)N1CCOC(c2ccc(F)cc2)C1. The van der Waals surface area contributed by atoms with Crippen LogP contribution in [-0.2, 0) is 9.53 Å². The Morgan fingerprint density at radius 2 is 2.17 bits per heavy atom. The van der Waals surface area contributed by atoms with Crippen molar-refractivity contribution < 1.29 is 13.9 Å². The zero-order chi connectivity index (χ0) is 13.0. The van der Waals surface area contributed by atoms with Crippen molar-refractivity contribution >= 4 is 5.91 Å². The van der Waals surface area contributed by atoms with Gasteiger partial charge in [-0.25, -0.2) is 4.39 Å². The molecule has 4 heteroatoms. The number of carbonyl (C=O) groups is 1. The predicted octanol–water partition coefficient (Wildman–Crippen LogP) is 2.30. The Hall–Kier alpha value is -1.68. The fraction of sp³-hybridized carbons (Fsp3) is 0.357. The first-order valence-corrected chi connectivity index (χ1v) is 5.99. The lowest BCUT2D eigenvalue weighted by Gasteiger charge is -2.32. The molecule has 3 nitrogen and oxygen atoms in total. The van der Waals surface area contributed by atoms with E-state index in [2.05, 4.69) is 0 Å². The van der Waals surface area contributed by atoms with Gasteiger partial charge in [-0.15, -0.1) is 0 Å². The van der Waals surface area contributed by atoms with E-state index in [4.69, 9.17) is 4.74 Å². The van der Waals surface area contributed by atoms with Crippen LogP contribution in [-0.4, -0.2) is 30.5 Å². The standard InChI is InChI=1S/C14H16FNO2/c1-2-3-14(17)16-8-9-18-13(10-16)11-4-6-12(15)7-5-11/h2-7,13H,8-10H2,1H3. The Morgan fingerprint density at radius 3 is 2.83 bits per heavy atom. The number of rotatable bonds is 2. The van der Waals surface area contributed by atoms with Gasteiger partial charge in [0.05, 0.1) is 13.2 Å². The van der Waals surface area contributed by atoms with E-state index in [1.807, 2.05) is 6.92 Å². The second-order valence-electron chi connectivity index (χ2n) is 4.20. The molecule has 1 saturated heterocycles. The molecule has 0 aromatic heterocycles. The van der Waals surface area contributed by atoms with Crippen LogP contribution in [0.4, 0.5) is 4.39 Å². The van der Waals surface area contributed by atoms with Gasteiger partial charge in [0, 0.05) is 6.54 Å². The van der Waals surface area contributed by atoms with Crippen LogP contribution in [0.5, 0.6) is 0 Å². The third-order valence-corrected chi connectivity index (χ3v) is 2.93. The largest absolute Gasteiger partial charge is 0.370 e. The normalized spacial score (nSPS) is 20.3. The summed E-state index contributed by atoms with van der Waals surface area (Å²) in [5.74, 6) is -0.274. The van der Waals surface area contributed by atoms with Crippen LogP contribution in [0.1, 0.15) is 18.6 Å². The van der Waals surface area contributed by atoms with Crippen LogP contribution in [0.3, 0.4) is 0 Å². The number of ether oxygens (including phenoxy) is 1. The molecule has 0 aliphatic carbocycles. The Kier molecular flexibility index (Phi) is 4.10. The molecule has 1 amide bonds. The number of hydrogen-bond donors (Lipinski definition) is 0. The molecule has 0 saturated carbocycles. The van der Waals surface area contributed by atoms with E-state index in [0.717, 1.165) is 5.56 Å². The summed E-state index contributed by atoms with van der Waals surface area (Å²) in [6, 6.07) is 6.21. The van der Waals surface area contributed by atoms with Gasteiger partial charge in [0.1, 0.15) is 11.9 Å². The van der Waals surface area contributed by atoms with Crippen LogP contribution in [0.2, 0.25) is 0 Å². The smallest absolute Gasteiger partial charge is 0.246 e. The Balaban J connectivity index is 2.06. The van der Waals surface area contributed by atoms with Crippen LogP contribution < -0.4 is 0 Å². The van der Waals surface area contributed by atoms with E-state index in [0.29, 0.717) is 19.7 Å². The van der Waals surface area contributed by atoms with Gasteiger partial charge in [0.25, 0.3) is 0 Å². The molecular formula is C14H16FNO2. The first kappa shape index (κ1) is 12.8. The fourth-order valence-electron chi connectivity index (χ4n) is 1.98. The first-order valence-electron chi connectivity index (χ1n) is 5.99. The number of halogens is 1. The van der Waals surface area contributed by atoms with Crippen LogP contribution in [0, 0.1) is 5.82 Å². The lowest BCUT2D eigenvalue weighted by Crippen LogP contribution is -2.41. The average Bonchev–Trinajstić information content (AvgIpc) is 2.40. The van der Waals surface area contributed by atoms with Gasteiger partial charge in [-0.1, -0.05) is 18.2 Å². The number of allylic oxidation sites excluding steroid dienone is 1. The molecule has 18 heavy (non-hydrogen) atoms. The molecule has 2 rings (SSSR count). The molecular weight excluding hydrogens is 233 g/mol. The highest BCUT2D eigenvalue weighted by molar-refractivity contribution is 5.87. The molecule has 0 radical (unpaired) electrons. The maximum absolute atomic E-state index is 12.8. The highest BCUT2D eigenvalue weighted by Crippen LogP contribution is 2.22. The van der Waals surface area contributed by atoms with Gasteiger partial charge in [0.15, 0.2) is 0 Å². The fourth-order valence-corrected chi connectivity index (χ4v) is 1.98. The number of morpholine rings is 1. The van der Waals surface area contributed by atoms with Crippen molar-refractivity contribution in [3.05, 3.63) is 47.8 Å². The van der Waals surface area contributed by atoms with Crippen LogP contribution in [0.25, 0.3) is 0 Å². The Morgan fingerprint density at radius 1 is 1.44 bits per heavy atom. The summed E-state index contributed by atoms with van der Waals surface area (Å²) >= 11 is 0. The van der Waals surface area contributed by atoms with E-state index in [9.17, 15) is 9.18 Å². The minimum atomic E-state index is -0.267. The van der Waals surface area contributed by atoms with E-state index in [1.165, 1.54) is 12.1 Å². The first-order chi connectivity index (χ1) is 8.70. The summed E-state index contributed by atoms with van der Waals surface area (Å²) in [6.45, 7) is 3.43. The summed E-state index contributed by atoms with van der Waals surface area (Å²) in [5.41, 5.74) is 0.898. The number of hydrogen-bond acceptors (Lipinski definition) is 2. The third kappa shape index (κ3) is 2.96. The minimum absolute atomic E-state index is 0.00656. The molecule has 1 aromatic rings. The van der Waals surface area contributed by atoms with Crippen molar-refractivity contribution in [3.63, 3.8) is 0 Å². The van der Waals surface area contributed by atoms with Crippen LogP contribution in [0.15, 0.2) is 36.4 Å². The molecule has 1 unspecified atom stereocenters. The van der Waals surface area contributed by atoms with Crippen molar-refractivity contribution in [2.45, 2.75) is 13.0 Å². The average molecular weight is 249 g/mol. The highest BCUT2D eigenvalue weighted by atomic mass is 19.1. The van der Waals surface area contributed by atoms with Crippen molar-refractivity contribution in [2.75, 3.05) is 19.7 Å². The van der Waals surface area contributed by atoms with Crippen molar-refractivity contribution in [2.24, 2.45) is 0 Å². The molecule has 1 atom stereocenters. The summed E-state index contributed by atoms with van der Waals surface area (Å²) in [6.07, 6.45) is 3.10. The van der Waals surface area contributed by atoms with E-state index < -0.39 is 0 Å². The van der Waals surface area contributed by atoms with Crippen LogP contribution >= 0.6 is 0 Å². The maximum atomic E-state index is 12.8. The zero-order valence-electron chi connectivity index (χ0n) is 10.3. The monoisotopic (exact) mass is 249 g/mol. The molecule has 0 N–H and O–H groups in total. The van der Waals surface area contributed by atoms with Crippen molar-refractivity contribution in [1.82, 2.24) is 4.90 Å². The molecule has 96 valence electrons. The lowest BCUT2D eigenvalue weighted by atomic mass is 10.1. The van der Waals surface area contributed by atoms with Gasteiger partial charge in [-0.2, -0.15) is 0 Å². The van der Waals surface area contributed by atoms with Crippen molar-refractivity contribution in [3.8, 4) is 0 Å². The van der Waals surface area contributed by atoms with Crippen molar-refractivity contribution in [1.29, 1.82) is 0 Å². The number of carbonyl (C=O) groups excluding carboxylic acids is 1. The molecule has 1 heterocycles. The van der Waals surface area contributed by atoms with Gasteiger partial charge >= 0.3 is 0 Å². The quantitative estimate of drug-likeness (QED) is 0.753. The Bertz CT molecular complexity index is 442. The van der Waals surface area contributed by atoms with Gasteiger partial charge < -0.3 is 9.64 Å². The van der Waals surface area contributed by atoms with E-state index in [-0.39, 0.29) is 17.8 Å². The maximum Gasteiger partial charge on any atom is 0.246 e. The predicted molar refractivity (Wildman–Crippen MR) is 66.5 cm³/mol. The van der Waals surface area contributed by atoms with Gasteiger partial charge in [-0.05, 0) is 30.7 Å². The lowest BCUT2D eigenvalue weighted by molar-refractivity contribution is -0.133. The molecule has 1 aliphatic heterocycles. The molecule has 1 aromatic carbocycles. The summed E-state index contributed by atoms with van der Waals surface area (Å²) in [4.78, 5) is 13.5.